The van der Waals surface area contributed by atoms with Crippen molar-refractivity contribution in [1.29, 1.82) is 0 Å². The van der Waals surface area contributed by atoms with E-state index in [4.69, 9.17) is 4.74 Å². The number of methoxy groups -OCH3 is 1. The molecule has 0 spiro atoms. The molecule has 2 amide bonds. The average Bonchev–Trinajstić information content (AvgIpc) is 2.84. The lowest BCUT2D eigenvalue weighted by Crippen LogP contribution is -2.56. The van der Waals surface area contributed by atoms with Gasteiger partial charge in [0.15, 0.2) is 0 Å². The highest BCUT2D eigenvalue weighted by Gasteiger charge is 2.31. The van der Waals surface area contributed by atoms with Crippen molar-refractivity contribution in [2.75, 3.05) is 44.7 Å². The Morgan fingerprint density at radius 3 is 2.94 bits per heavy atom. The SMILES string of the molecule is COc1cccc(CN2CCNC(=O)C2CC(=O)NCCCN2CCCc3ccccc32)c1. The molecule has 0 aromatic heterocycles. The summed E-state index contributed by atoms with van der Waals surface area (Å²) >= 11 is 0. The number of hydrogen-bond acceptors (Lipinski definition) is 5. The van der Waals surface area contributed by atoms with Gasteiger partial charge in [0.25, 0.3) is 0 Å². The lowest BCUT2D eigenvalue weighted by Gasteiger charge is -2.34. The van der Waals surface area contributed by atoms with Gasteiger partial charge in [-0.1, -0.05) is 30.3 Å². The molecule has 2 N–H and O–H groups in total. The van der Waals surface area contributed by atoms with Crippen LogP contribution in [0.5, 0.6) is 5.75 Å². The van der Waals surface area contributed by atoms with E-state index in [1.807, 2.05) is 24.3 Å². The fourth-order valence-electron chi connectivity index (χ4n) is 4.77. The summed E-state index contributed by atoms with van der Waals surface area (Å²) in [5, 5.41) is 5.93. The molecule has 1 unspecified atom stereocenters. The highest BCUT2D eigenvalue weighted by Crippen LogP contribution is 2.26. The maximum atomic E-state index is 12.7. The number of carbonyl (C=O) groups is 2. The summed E-state index contributed by atoms with van der Waals surface area (Å²) in [6.07, 6.45) is 3.36. The summed E-state index contributed by atoms with van der Waals surface area (Å²) in [5.41, 5.74) is 3.80. The maximum absolute atomic E-state index is 12.7. The van der Waals surface area contributed by atoms with E-state index in [0.717, 1.165) is 43.8 Å². The number of ether oxygens (including phenoxy) is 1. The summed E-state index contributed by atoms with van der Waals surface area (Å²) in [5.74, 6) is 0.635. The van der Waals surface area contributed by atoms with E-state index in [1.165, 1.54) is 17.7 Å². The molecule has 0 saturated carbocycles. The Morgan fingerprint density at radius 2 is 2.06 bits per heavy atom. The first kappa shape index (κ1) is 23.1. The molecule has 176 valence electrons. The van der Waals surface area contributed by atoms with Crippen LogP contribution in [0.3, 0.4) is 0 Å². The molecule has 2 aromatic carbocycles. The molecule has 2 aliphatic heterocycles. The van der Waals surface area contributed by atoms with Crippen LogP contribution < -0.4 is 20.3 Å². The lowest BCUT2D eigenvalue weighted by molar-refractivity contribution is -0.134. The topological polar surface area (TPSA) is 73.9 Å². The van der Waals surface area contributed by atoms with E-state index in [9.17, 15) is 9.59 Å². The fraction of sp³-hybridized carbons (Fsp3) is 0.462. The molecule has 2 heterocycles. The largest absolute Gasteiger partial charge is 0.497 e. The number of anilines is 1. The number of carbonyl (C=O) groups excluding carboxylic acids is 2. The monoisotopic (exact) mass is 450 g/mol. The molecule has 2 aliphatic rings. The molecular formula is C26H34N4O3. The van der Waals surface area contributed by atoms with Gasteiger partial charge in [-0.15, -0.1) is 0 Å². The van der Waals surface area contributed by atoms with Gasteiger partial charge in [-0.25, -0.2) is 0 Å². The highest BCUT2D eigenvalue weighted by atomic mass is 16.5. The number of benzene rings is 2. The van der Waals surface area contributed by atoms with E-state index in [2.05, 4.69) is 44.7 Å². The summed E-state index contributed by atoms with van der Waals surface area (Å²) in [6, 6.07) is 16.0. The van der Waals surface area contributed by atoms with Gasteiger partial charge in [-0.05, 0) is 48.6 Å². The Morgan fingerprint density at radius 1 is 1.18 bits per heavy atom. The summed E-state index contributed by atoms with van der Waals surface area (Å²) in [4.78, 5) is 29.7. The van der Waals surface area contributed by atoms with Crippen molar-refractivity contribution >= 4 is 17.5 Å². The molecular weight excluding hydrogens is 416 g/mol. The maximum Gasteiger partial charge on any atom is 0.237 e. The number of aryl methyl sites for hydroxylation is 1. The predicted octanol–water partition coefficient (Wildman–Crippen LogP) is 2.34. The third-order valence-corrected chi connectivity index (χ3v) is 6.47. The van der Waals surface area contributed by atoms with E-state index in [1.54, 1.807) is 7.11 Å². The second-order valence-electron chi connectivity index (χ2n) is 8.76. The summed E-state index contributed by atoms with van der Waals surface area (Å²) in [7, 11) is 1.64. The quantitative estimate of drug-likeness (QED) is 0.574. The molecule has 1 fully saturated rings. The minimum atomic E-state index is -0.459. The molecule has 0 radical (unpaired) electrons. The van der Waals surface area contributed by atoms with E-state index >= 15 is 0 Å². The van der Waals surface area contributed by atoms with Crippen LogP contribution in [-0.2, 0) is 22.6 Å². The molecule has 33 heavy (non-hydrogen) atoms. The number of nitrogens with zero attached hydrogens (tertiary/aromatic N) is 2. The molecule has 0 bridgehead atoms. The van der Waals surface area contributed by atoms with Gasteiger partial charge in [-0.2, -0.15) is 0 Å². The number of amides is 2. The zero-order chi connectivity index (χ0) is 23.0. The summed E-state index contributed by atoms with van der Waals surface area (Å²) in [6.45, 7) is 4.52. The number of fused-ring (bicyclic) bond motifs is 1. The first-order valence-electron chi connectivity index (χ1n) is 11.9. The molecule has 1 saturated heterocycles. The number of hydrogen-bond donors (Lipinski definition) is 2. The van der Waals surface area contributed by atoms with Gasteiger partial charge < -0.3 is 20.3 Å². The normalized spacial score (nSPS) is 18.4. The van der Waals surface area contributed by atoms with Gasteiger partial charge in [0.1, 0.15) is 5.75 Å². The molecule has 4 rings (SSSR count). The number of para-hydroxylation sites is 1. The third-order valence-electron chi connectivity index (χ3n) is 6.47. The minimum absolute atomic E-state index is 0.0771. The standard InChI is InChI=1S/C26H34N4O3/c1-33-22-10-4-7-20(17-22)19-30-16-13-28-26(32)24(30)18-25(31)27-12-6-15-29-14-5-9-21-8-2-3-11-23(21)29/h2-4,7-8,10-11,17,24H,5-6,9,12-16,18-19H2,1H3,(H,27,31)(H,28,32). The van der Waals surface area contributed by atoms with E-state index < -0.39 is 6.04 Å². The minimum Gasteiger partial charge on any atom is -0.497 e. The number of rotatable bonds is 9. The fourth-order valence-corrected chi connectivity index (χ4v) is 4.77. The Balaban J connectivity index is 1.26. The van der Waals surface area contributed by atoms with Gasteiger partial charge in [-0.3, -0.25) is 14.5 Å². The van der Waals surface area contributed by atoms with Crippen LogP contribution in [0.4, 0.5) is 5.69 Å². The van der Waals surface area contributed by atoms with Crippen LogP contribution in [-0.4, -0.2) is 62.6 Å². The zero-order valence-corrected chi connectivity index (χ0v) is 19.4. The van der Waals surface area contributed by atoms with Crippen molar-refractivity contribution in [3.63, 3.8) is 0 Å². The molecule has 1 atom stereocenters. The van der Waals surface area contributed by atoms with Crippen molar-refractivity contribution in [3.05, 3.63) is 59.7 Å². The van der Waals surface area contributed by atoms with Gasteiger partial charge >= 0.3 is 0 Å². The molecule has 2 aromatic rings. The second kappa shape index (κ2) is 11.2. The number of piperazine rings is 1. The second-order valence-corrected chi connectivity index (χ2v) is 8.76. The molecule has 0 aliphatic carbocycles. The Kier molecular flexibility index (Phi) is 7.83. The average molecular weight is 451 g/mol. The first-order chi connectivity index (χ1) is 16.1. The van der Waals surface area contributed by atoms with Crippen LogP contribution in [0, 0.1) is 0 Å². The van der Waals surface area contributed by atoms with Crippen LogP contribution >= 0.6 is 0 Å². The molecule has 7 nitrogen and oxygen atoms in total. The lowest BCUT2D eigenvalue weighted by atomic mass is 10.0. The Bertz CT molecular complexity index is 964. The van der Waals surface area contributed by atoms with Crippen molar-refractivity contribution in [1.82, 2.24) is 15.5 Å². The van der Waals surface area contributed by atoms with E-state index in [-0.39, 0.29) is 18.2 Å². The van der Waals surface area contributed by atoms with Crippen molar-refractivity contribution in [2.24, 2.45) is 0 Å². The van der Waals surface area contributed by atoms with Crippen molar-refractivity contribution in [3.8, 4) is 5.75 Å². The predicted molar refractivity (Wildman–Crippen MR) is 129 cm³/mol. The Hall–Kier alpha value is -3.06. The van der Waals surface area contributed by atoms with Crippen LogP contribution in [0.1, 0.15) is 30.4 Å². The Labute approximate surface area is 196 Å². The van der Waals surface area contributed by atoms with Crippen LogP contribution in [0.15, 0.2) is 48.5 Å². The smallest absolute Gasteiger partial charge is 0.237 e. The zero-order valence-electron chi connectivity index (χ0n) is 19.4. The van der Waals surface area contributed by atoms with Gasteiger partial charge in [0.2, 0.25) is 11.8 Å². The van der Waals surface area contributed by atoms with Crippen LogP contribution in [0.2, 0.25) is 0 Å². The van der Waals surface area contributed by atoms with Gasteiger partial charge in [0.05, 0.1) is 19.6 Å². The van der Waals surface area contributed by atoms with Crippen molar-refractivity contribution < 1.29 is 14.3 Å². The molecule has 7 heteroatoms. The van der Waals surface area contributed by atoms with Crippen LogP contribution in [0.25, 0.3) is 0 Å². The first-order valence-corrected chi connectivity index (χ1v) is 11.9. The van der Waals surface area contributed by atoms with E-state index in [0.29, 0.717) is 19.6 Å². The highest BCUT2D eigenvalue weighted by molar-refractivity contribution is 5.88. The number of nitrogens with one attached hydrogen (secondary N) is 2. The van der Waals surface area contributed by atoms with Gasteiger partial charge in [0, 0.05) is 45.0 Å². The third kappa shape index (κ3) is 6.05. The summed E-state index contributed by atoms with van der Waals surface area (Å²) < 4.78 is 5.31. The van der Waals surface area contributed by atoms with Crippen molar-refractivity contribution in [2.45, 2.75) is 38.3 Å².